The van der Waals surface area contributed by atoms with E-state index in [1.54, 1.807) is 0 Å². The molecule has 120 valence electrons. The van der Waals surface area contributed by atoms with Gasteiger partial charge in [0.25, 0.3) is 0 Å². The Morgan fingerprint density at radius 3 is 2.43 bits per heavy atom. The molecule has 0 saturated carbocycles. The predicted octanol–water partition coefficient (Wildman–Crippen LogP) is 4.16. The van der Waals surface area contributed by atoms with Crippen LogP contribution >= 0.6 is 0 Å². The normalized spacial score (nSPS) is 14.6. The Morgan fingerprint density at radius 1 is 1.13 bits per heavy atom. The lowest BCUT2D eigenvalue weighted by Gasteiger charge is -2.23. The molecule has 2 aromatic rings. The van der Waals surface area contributed by atoms with Crippen molar-refractivity contribution in [2.75, 3.05) is 7.11 Å². The van der Waals surface area contributed by atoms with E-state index in [9.17, 15) is 4.79 Å². The van der Waals surface area contributed by atoms with E-state index in [0.717, 1.165) is 28.9 Å². The highest BCUT2D eigenvalue weighted by Crippen LogP contribution is 2.34. The summed E-state index contributed by atoms with van der Waals surface area (Å²) in [4.78, 5) is 12.2. The molecule has 0 spiro atoms. The molecular formula is C20H23NO2. The lowest BCUT2D eigenvalue weighted by Crippen LogP contribution is -2.18. The summed E-state index contributed by atoms with van der Waals surface area (Å²) in [7, 11) is 1.45. The van der Waals surface area contributed by atoms with Gasteiger partial charge in [0.15, 0.2) is 0 Å². The van der Waals surface area contributed by atoms with Crippen LogP contribution < -0.4 is 0 Å². The van der Waals surface area contributed by atoms with Crippen LogP contribution in [0.15, 0.2) is 48.2 Å². The Balaban J connectivity index is 2.13. The number of esters is 1. The number of rotatable bonds is 2. The Kier molecular flexibility index (Phi) is 3.88. The Labute approximate surface area is 137 Å². The monoisotopic (exact) mass is 309 g/mol. The first-order valence-corrected chi connectivity index (χ1v) is 7.99. The summed E-state index contributed by atoms with van der Waals surface area (Å²) in [6.45, 7) is 7.42. The number of hydrogen-bond donors (Lipinski definition) is 0. The van der Waals surface area contributed by atoms with Gasteiger partial charge in [-0.2, -0.15) is 0 Å². The minimum absolute atomic E-state index is 0.116. The quantitative estimate of drug-likeness (QED) is 0.780. The molecule has 0 bridgehead atoms. The summed E-state index contributed by atoms with van der Waals surface area (Å²) >= 11 is 0. The molecule has 1 aliphatic rings. The van der Waals surface area contributed by atoms with Gasteiger partial charge in [-0.3, -0.25) is 0 Å². The molecule has 3 heteroatoms. The minimum atomic E-state index is -0.229. The number of benzene rings is 1. The Hall–Kier alpha value is -2.29. The van der Waals surface area contributed by atoms with Gasteiger partial charge in [0, 0.05) is 29.6 Å². The lowest BCUT2D eigenvalue weighted by molar-refractivity contribution is -0.136. The first-order valence-electron chi connectivity index (χ1n) is 7.99. The van der Waals surface area contributed by atoms with Crippen molar-refractivity contribution >= 4 is 11.5 Å². The molecule has 0 radical (unpaired) electrons. The predicted molar refractivity (Wildman–Crippen MR) is 92.2 cm³/mol. The first kappa shape index (κ1) is 15.6. The third-order valence-corrected chi connectivity index (χ3v) is 4.46. The van der Waals surface area contributed by atoms with Gasteiger partial charge >= 0.3 is 5.97 Å². The fourth-order valence-electron chi connectivity index (χ4n) is 3.13. The molecule has 0 amide bonds. The first-order chi connectivity index (χ1) is 10.9. The summed E-state index contributed by atoms with van der Waals surface area (Å²) in [5.74, 6) is -0.229. The zero-order valence-electron chi connectivity index (χ0n) is 14.2. The topological polar surface area (TPSA) is 31.2 Å². The van der Waals surface area contributed by atoms with E-state index in [4.69, 9.17) is 4.74 Å². The smallest absolute Gasteiger partial charge is 0.334 e. The Morgan fingerprint density at radius 2 is 1.83 bits per heavy atom. The molecule has 0 aliphatic carbocycles. The van der Waals surface area contributed by atoms with Crippen LogP contribution in [0.3, 0.4) is 0 Å². The molecular weight excluding hydrogens is 286 g/mol. The van der Waals surface area contributed by atoms with Gasteiger partial charge in [-0.1, -0.05) is 45.0 Å². The van der Waals surface area contributed by atoms with Gasteiger partial charge in [-0.15, -0.1) is 0 Å². The number of ether oxygens (including phenoxy) is 1. The molecule has 0 saturated heterocycles. The van der Waals surface area contributed by atoms with Gasteiger partial charge in [-0.05, 0) is 35.1 Å². The molecule has 0 atom stereocenters. The maximum Gasteiger partial charge on any atom is 0.334 e. The molecule has 1 aromatic heterocycles. The molecule has 0 unspecified atom stereocenters. The number of methoxy groups -OCH3 is 1. The standard InChI is InChI=1S/C20H23NO2/c1-20(2,3)15-9-7-14(8-10-15)18-16(19(22)23-4)11-13-21-12-5-6-17(18)21/h5-10,12H,11,13H2,1-4H3. The third-order valence-electron chi connectivity index (χ3n) is 4.46. The van der Waals surface area contributed by atoms with Crippen LogP contribution in [-0.2, 0) is 21.5 Å². The van der Waals surface area contributed by atoms with Crippen LogP contribution in [0.25, 0.3) is 5.57 Å². The highest BCUT2D eigenvalue weighted by Gasteiger charge is 2.25. The number of aromatic nitrogens is 1. The van der Waals surface area contributed by atoms with Crippen molar-refractivity contribution in [2.45, 2.75) is 39.2 Å². The number of carbonyl (C=O) groups is 1. The van der Waals surface area contributed by atoms with Crippen LogP contribution in [0, 0.1) is 0 Å². The molecule has 1 aromatic carbocycles. The highest BCUT2D eigenvalue weighted by molar-refractivity contribution is 6.01. The SMILES string of the molecule is COC(=O)C1=C(c2ccc(C(C)(C)C)cc2)c2cccn2CC1. The highest BCUT2D eigenvalue weighted by atomic mass is 16.5. The zero-order chi connectivity index (χ0) is 16.6. The van der Waals surface area contributed by atoms with Crippen LogP contribution in [0.2, 0.25) is 0 Å². The van der Waals surface area contributed by atoms with E-state index in [-0.39, 0.29) is 11.4 Å². The van der Waals surface area contributed by atoms with Gasteiger partial charge in [0.1, 0.15) is 0 Å². The summed E-state index contributed by atoms with van der Waals surface area (Å²) in [5.41, 5.74) is 5.31. The zero-order valence-corrected chi connectivity index (χ0v) is 14.2. The van der Waals surface area contributed by atoms with E-state index in [1.807, 2.05) is 6.07 Å². The fourth-order valence-corrected chi connectivity index (χ4v) is 3.13. The van der Waals surface area contributed by atoms with Gasteiger partial charge in [-0.25, -0.2) is 4.79 Å². The summed E-state index contributed by atoms with van der Waals surface area (Å²) in [5, 5.41) is 0. The summed E-state index contributed by atoms with van der Waals surface area (Å²) in [6.07, 6.45) is 2.76. The van der Waals surface area contributed by atoms with Crippen LogP contribution in [-0.4, -0.2) is 17.6 Å². The molecule has 3 nitrogen and oxygen atoms in total. The van der Waals surface area contributed by atoms with E-state index in [2.05, 4.69) is 61.9 Å². The molecule has 3 rings (SSSR count). The van der Waals surface area contributed by atoms with Crippen LogP contribution in [0.4, 0.5) is 0 Å². The molecule has 2 heterocycles. The van der Waals surface area contributed by atoms with E-state index < -0.39 is 0 Å². The van der Waals surface area contributed by atoms with Crippen molar-refractivity contribution in [3.8, 4) is 0 Å². The number of hydrogen-bond acceptors (Lipinski definition) is 2. The van der Waals surface area contributed by atoms with Gasteiger partial charge in [0.2, 0.25) is 0 Å². The second-order valence-electron chi connectivity index (χ2n) is 7.01. The van der Waals surface area contributed by atoms with Gasteiger partial charge < -0.3 is 9.30 Å². The second kappa shape index (κ2) is 5.73. The van der Waals surface area contributed by atoms with Crippen molar-refractivity contribution in [3.05, 3.63) is 65.0 Å². The van der Waals surface area contributed by atoms with Crippen molar-refractivity contribution in [1.29, 1.82) is 0 Å². The molecule has 1 aliphatic heterocycles. The lowest BCUT2D eigenvalue weighted by atomic mass is 9.85. The van der Waals surface area contributed by atoms with E-state index >= 15 is 0 Å². The van der Waals surface area contributed by atoms with Crippen LogP contribution in [0.5, 0.6) is 0 Å². The average molecular weight is 309 g/mol. The maximum atomic E-state index is 12.2. The van der Waals surface area contributed by atoms with Gasteiger partial charge in [0.05, 0.1) is 7.11 Å². The number of aryl methyl sites for hydroxylation is 1. The van der Waals surface area contributed by atoms with E-state index in [0.29, 0.717) is 6.42 Å². The average Bonchev–Trinajstić information content (AvgIpc) is 3.01. The van der Waals surface area contributed by atoms with Crippen molar-refractivity contribution < 1.29 is 9.53 Å². The molecule has 0 fully saturated rings. The fraction of sp³-hybridized carbons (Fsp3) is 0.350. The van der Waals surface area contributed by atoms with E-state index in [1.165, 1.54) is 12.7 Å². The van der Waals surface area contributed by atoms with Crippen molar-refractivity contribution in [1.82, 2.24) is 4.57 Å². The minimum Gasteiger partial charge on any atom is -0.466 e. The Bertz CT molecular complexity index is 758. The molecule has 0 N–H and O–H groups in total. The number of carbonyl (C=O) groups excluding carboxylic acids is 1. The number of nitrogens with zero attached hydrogens (tertiary/aromatic N) is 1. The summed E-state index contributed by atoms with van der Waals surface area (Å²) in [6, 6.07) is 12.6. The third kappa shape index (κ3) is 2.83. The van der Waals surface area contributed by atoms with Crippen LogP contribution in [0.1, 0.15) is 44.0 Å². The largest absolute Gasteiger partial charge is 0.466 e. The van der Waals surface area contributed by atoms with Crippen molar-refractivity contribution in [2.24, 2.45) is 0 Å². The summed E-state index contributed by atoms with van der Waals surface area (Å²) < 4.78 is 7.20. The second-order valence-corrected chi connectivity index (χ2v) is 7.01. The number of fused-ring (bicyclic) bond motifs is 1. The molecule has 23 heavy (non-hydrogen) atoms. The van der Waals surface area contributed by atoms with Crippen molar-refractivity contribution in [3.63, 3.8) is 0 Å². The maximum absolute atomic E-state index is 12.2.